The third kappa shape index (κ3) is 8.48. The third-order valence-electron chi connectivity index (χ3n) is 8.39. The van der Waals surface area contributed by atoms with Crippen molar-refractivity contribution in [2.45, 2.75) is 12.8 Å². The number of rotatable bonds is 8. The summed E-state index contributed by atoms with van der Waals surface area (Å²) in [5, 5.41) is 12.1. The number of nitrogens with two attached hydrogens (primary N) is 1. The first kappa shape index (κ1) is 36.8. The van der Waals surface area contributed by atoms with E-state index in [1.807, 2.05) is 36.4 Å². The number of hydrogen-bond acceptors (Lipinski definition) is 6. The number of carbonyl (C=O) groups excluding carboxylic acids is 1. The van der Waals surface area contributed by atoms with Gasteiger partial charge in [0, 0.05) is 71.1 Å². The van der Waals surface area contributed by atoms with Crippen LogP contribution in [0.5, 0.6) is 0 Å². The first-order valence-electron chi connectivity index (χ1n) is 16.4. The molecule has 268 valence electrons. The lowest BCUT2D eigenvalue weighted by atomic mass is 10.1. The molecule has 3 N–H and O–H groups in total. The molecule has 4 aromatic carbocycles. The van der Waals surface area contributed by atoms with E-state index in [0.29, 0.717) is 39.8 Å². The number of carboxylic acids is 1. The van der Waals surface area contributed by atoms with Crippen molar-refractivity contribution < 1.29 is 23.5 Å². The monoisotopic (exact) mass is 793 g/mol. The van der Waals surface area contributed by atoms with Gasteiger partial charge in [-0.1, -0.05) is 59.6 Å². The molecule has 0 aliphatic rings. The van der Waals surface area contributed by atoms with Crippen LogP contribution >= 0.6 is 45.9 Å². The second-order valence-electron chi connectivity index (χ2n) is 12.3. The Kier molecular flexibility index (Phi) is 10.8. The van der Waals surface area contributed by atoms with Crippen LogP contribution in [0.1, 0.15) is 41.6 Å². The van der Waals surface area contributed by atoms with Crippen molar-refractivity contribution in [3.63, 3.8) is 0 Å². The minimum absolute atomic E-state index is 0.197. The minimum Gasteiger partial charge on any atom is -0.478 e. The largest absolute Gasteiger partial charge is 0.478 e. The number of carbonyl (C=O) groups is 2. The lowest BCUT2D eigenvalue weighted by Gasteiger charge is -2.04. The fourth-order valence-corrected chi connectivity index (χ4v) is 9.00. The maximum atomic E-state index is 13.6. The molecule has 4 heterocycles. The second kappa shape index (κ2) is 15.8. The SMILES string of the molecule is NC(=O)c1ccnc(-c2cccc3cc(Cc4cc(F)cc(Cl)c4)sc23)c1.O=C(O)c1ccnc(-c2cccc3cc(Cc4cc(F)cc(Cl)c4)sc23)c1. The van der Waals surface area contributed by atoms with Gasteiger partial charge in [0.2, 0.25) is 5.91 Å². The molecule has 0 saturated heterocycles. The van der Waals surface area contributed by atoms with Gasteiger partial charge in [0.15, 0.2) is 0 Å². The molecule has 0 radical (unpaired) electrons. The van der Waals surface area contributed by atoms with Gasteiger partial charge in [0.05, 0.1) is 17.0 Å². The molecule has 8 aromatic rings. The van der Waals surface area contributed by atoms with E-state index in [-0.39, 0.29) is 17.2 Å². The van der Waals surface area contributed by atoms with Crippen LogP contribution in [0.4, 0.5) is 8.78 Å². The molecule has 0 unspecified atom stereocenters. The van der Waals surface area contributed by atoms with Gasteiger partial charge >= 0.3 is 5.97 Å². The van der Waals surface area contributed by atoms with Gasteiger partial charge in [0.25, 0.3) is 0 Å². The van der Waals surface area contributed by atoms with Crippen molar-refractivity contribution in [2.24, 2.45) is 5.73 Å². The Labute approximate surface area is 326 Å². The van der Waals surface area contributed by atoms with Gasteiger partial charge in [-0.3, -0.25) is 14.8 Å². The summed E-state index contributed by atoms with van der Waals surface area (Å²) in [6.45, 7) is 0. The number of fused-ring (bicyclic) bond motifs is 2. The second-order valence-corrected chi connectivity index (χ2v) is 15.5. The highest BCUT2D eigenvalue weighted by Gasteiger charge is 2.14. The van der Waals surface area contributed by atoms with Crippen LogP contribution in [0.15, 0.2) is 122 Å². The van der Waals surface area contributed by atoms with Gasteiger partial charge in [-0.15, -0.1) is 22.7 Å². The molecular formula is C42H27Cl2F2N3O3S2. The summed E-state index contributed by atoms with van der Waals surface area (Å²) in [6, 6.07) is 31.4. The Morgan fingerprint density at radius 2 is 1.09 bits per heavy atom. The summed E-state index contributed by atoms with van der Waals surface area (Å²) in [5.74, 6) is -2.16. The third-order valence-corrected chi connectivity index (χ3v) is 11.2. The molecule has 6 nitrogen and oxygen atoms in total. The van der Waals surface area contributed by atoms with Gasteiger partial charge in [0.1, 0.15) is 11.6 Å². The highest BCUT2D eigenvalue weighted by atomic mass is 35.5. The lowest BCUT2D eigenvalue weighted by molar-refractivity contribution is 0.0696. The van der Waals surface area contributed by atoms with E-state index < -0.39 is 11.9 Å². The zero-order valence-corrected chi connectivity index (χ0v) is 31.2. The van der Waals surface area contributed by atoms with Crippen molar-refractivity contribution in [3.05, 3.63) is 175 Å². The minimum atomic E-state index is -0.985. The smallest absolute Gasteiger partial charge is 0.335 e. The van der Waals surface area contributed by atoms with E-state index in [4.69, 9.17) is 28.9 Å². The van der Waals surface area contributed by atoms with Gasteiger partial charge in [-0.25, -0.2) is 13.6 Å². The first-order chi connectivity index (χ1) is 26.0. The van der Waals surface area contributed by atoms with Gasteiger partial charge in [-0.05, 0) is 94.7 Å². The molecule has 8 rings (SSSR count). The molecule has 0 bridgehead atoms. The van der Waals surface area contributed by atoms with E-state index in [9.17, 15) is 23.5 Å². The van der Waals surface area contributed by atoms with E-state index in [1.165, 1.54) is 36.5 Å². The predicted molar refractivity (Wildman–Crippen MR) is 214 cm³/mol. The lowest BCUT2D eigenvalue weighted by Crippen LogP contribution is -2.10. The Morgan fingerprint density at radius 1 is 0.630 bits per heavy atom. The number of hydrogen-bond donors (Lipinski definition) is 2. The number of halogens is 4. The molecule has 4 aromatic heterocycles. The zero-order valence-electron chi connectivity index (χ0n) is 28.0. The van der Waals surface area contributed by atoms with Crippen LogP contribution in [0.25, 0.3) is 42.7 Å². The Hall–Kier alpha value is -5.52. The highest BCUT2D eigenvalue weighted by molar-refractivity contribution is 7.20. The van der Waals surface area contributed by atoms with Crippen molar-refractivity contribution in [1.29, 1.82) is 0 Å². The number of benzene rings is 4. The van der Waals surface area contributed by atoms with Crippen molar-refractivity contribution in [2.75, 3.05) is 0 Å². The summed E-state index contributed by atoms with van der Waals surface area (Å²) in [5.41, 5.74) is 10.7. The summed E-state index contributed by atoms with van der Waals surface area (Å²) in [4.78, 5) is 33.6. The van der Waals surface area contributed by atoms with Crippen LogP contribution in [0, 0.1) is 11.6 Å². The van der Waals surface area contributed by atoms with Crippen LogP contribution in [-0.4, -0.2) is 27.0 Å². The molecule has 0 fully saturated rings. The number of carboxylic acid groups (broad SMARTS) is 1. The number of thiophene rings is 2. The zero-order chi connectivity index (χ0) is 37.9. The summed E-state index contributed by atoms with van der Waals surface area (Å²) < 4.78 is 29.3. The van der Waals surface area contributed by atoms with E-state index in [2.05, 4.69) is 22.1 Å². The summed E-state index contributed by atoms with van der Waals surface area (Å²) in [6.07, 6.45) is 4.24. The maximum Gasteiger partial charge on any atom is 0.335 e. The summed E-state index contributed by atoms with van der Waals surface area (Å²) in [7, 11) is 0. The first-order valence-corrected chi connectivity index (χ1v) is 18.8. The van der Waals surface area contributed by atoms with Crippen LogP contribution in [0.2, 0.25) is 10.0 Å². The number of nitrogens with zero attached hydrogens (tertiary/aromatic N) is 2. The normalized spacial score (nSPS) is 11.0. The van der Waals surface area contributed by atoms with Crippen LogP contribution < -0.4 is 5.73 Å². The Morgan fingerprint density at radius 3 is 1.54 bits per heavy atom. The van der Waals surface area contributed by atoms with E-state index in [1.54, 1.807) is 59.2 Å². The topological polar surface area (TPSA) is 106 Å². The molecule has 1 amide bonds. The average molecular weight is 795 g/mol. The number of aromatic nitrogens is 2. The highest BCUT2D eigenvalue weighted by Crippen LogP contribution is 2.37. The van der Waals surface area contributed by atoms with E-state index >= 15 is 0 Å². The quantitative estimate of drug-likeness (QED) is 0.159. The van der Waals surface area contributed by atoms with Gasteiger partial charge < -0.3 is 10.8 Å². The van der Waals surface area contributed by atoms with E-state index in [0.717, 1.165) is 52.2 Å². The summed E-state index contributed by atoms with van der Waals surface area (Å²) >= 11 is 15.1. The number of pyridine rings is 2. The Balaban J connectivity index is 0.000000167. The van der Waals surface area contributed by atoms with Crippen molar-refractivity contribution in [1.82, 2.24) is 9.97 Å². The molecule has 0 aliphatic heterocycles. The standard InChI is InChI=1S/C21H14ClFN2OS.C21H13ClFNO2S/c22-15-6-12(7-16(23)11-15)8-17-9-13-2-1-3-18(20(13)27-17)19-10-14(21(24)26)4-5-25-19;22-15-6-12(7-16(23)11-15)8-17-9-13-2-1-3-18(20(13)27-17)19-10-14(21(25)26)4-5-24-19/h1-7,9-11H,8H2,(H2,24,26);1-7,9-11H,8H2,(H,25,26). The number of aromatic carboxylic acids is 1. The Bertz CT molecular complexity index is 2490. The molecular weight excluding hydrogens is 768 g/mol. The van der Waals surface area contributed by atoms with Gasteiger partial charge in [-0.2, -0.15) is 0 Å². The van der Waals surface area contributed by atoms with Crippen molar-refractivity contribution in [3.8, 4) is 22.5 Å². The molecule has 0 spiro atoms. The molecule has 0 atom stereocenters. The van der Waals surface area contributed by atoms with Crippen molar-refractivity contribution >= 4 is 77.9 Å². The molecule has 0 saturated carbocycles. The number of amides is 1. The molecule has 12 heteroatoms. The maximum absolute atomic E-state index is 13.6. The fraction of sp³-hybridized carbons (Fsp3) is 0.0476. The van der Waals surface area contributed by atoms with Crippen LogP contribution in [0.3, 0.4) is 0 Å². The predicted octanol–water partition coefficient (Wildman–Crippen LogP) is 11.5. The average Bonchev–Trinajstić information content (AvgIpc) is 3.74. The molecule has 54 heavy (non-hydrogen) atoms. The number of primary amides is 1. The molecule has 0 aliphatic carbocycles. The fourth-order valence-electron chi connectivity index (χ4n) is 6.08. The van der Waals surface area contributed by atoms with Crippen LogP contribution in [-0.2, 0) is 12.8 Å².